The van der Waals surface area contributed by atoms with Gasteiger partial charge in [0, 0.05) is 12.1 Å². The molecule has 0 aliphatic carbocycles. The van der Waals surface area contributed by atoms with Crippen molar-refractivity contribution in [3.63, 3.8) is 0 Å². The zero-order valence-electron chi connectivity index (χ0n) is 6.37. The summed E-state index contributed by atoms with van der Waals surface area (Å²) in [7, 11) is 0. The molecule has 12 heavy (non-hydrogen) atoms. The van der Waals surface area contributed by atoms with E-state index in [2.05, 4.69) is 4.99 Å². The van der Waals surface area contributed by atoms with Crippen molar-refractivity contribution in [1.82, 2.24) is 0 Å². The number of allylic oxidation sites excluding steroid dienone is 1. The summed E-state index contributed by atoms with van der Waals surface area (Å²) in [5.74, 6) is -2.27. The molecule has 2 N–H and O–H groups in total. The summed E-state index contributed by atoms with van der Waals surface area (Å²) >= 11 is 0. The zero-order chi connectivity index (χ0) is 9.30. The summed E-state index contributed by atoms with van der Waals surface area (Å²) < 4.78 is 0. The maximum Gasteiger partial charge on any atom is 0.350 e. The number of carboxylic acids is 2. The first kappa shape index (κ1) is 8.45. The minimum Gasteiger partial charge on any atom is -0.478 e. The number of hydrogen-bond donors (Lipinski definition) is 2. The average molecular weight is 169 g/mol. The first-order valence-corrected chi connectivity index (χ1v) is 3.26. The number of nitrogens with zero attached hydrogens (tertiary/aromatic N) is 1. The number of aliphatic carboxylic acids is 2. The van der Waals surface area contributed by atoms with Crippen LogP contribution < -0.4 is 0 Å². The summed E-state index contributed by atoms with van der Waals surface area (Å²) in [5, 5.41) is 17.0. The maximum atomic E-state index is 10.5. The molecule has 64 valence electrons. The molecule has 1 heterocycles. The van der Waals surface area contributed by atoms with Crippen LogP contribution in [-0.4, -0.2) is 27.9 Å². The minimum atomic E-state index is -1.16. The quantitative estimate of drug-likeness (QED) is 0.621. The first-order valence-electron chi connectivity index (χ1n) is 3.26. The molecule has 0 aromatic rings. The number of rotatable bonds is 2. The molecule has 0 amide bonds. The van der Waals surface area contributed by atoms with Crippen molar-refractivity contribution < 1.29 is 19.8 Å². The van der Waals surface area contributed by atoms with Crippen molar-refractivity contribution in [3.05, 3.63) is 11.3 Å². The zero-order valence-corrected chi connectivity index (χ0v) is 6.37. The Kier molecular flexibility index (Phi) is 1.95. The van der Waals surface area contributed by atoms with Crippen LogP contribution in [0.15, 0.2) is 16.3 Å². The van der Waals surface area contributed by atoms with Gasteiger partial charge in [0.15, 0.2) is 0 Å². The lowest BCUT2D eigenvalue weighted by Gasteiger charge is -1.92. The van der Waals surface area contributed by atoms with Crippen molar-refractivity contribution in [3.8, 4) is 0 Å². The smallest absolute Gasteiger partial charge is 0.350 e. The van der Waals surface area contributed by atoms with Gasteiger partial charge in [-0.05, 0) is 6.92 Å². The first-order chi connectivity index (χ1) is 5.52. The van der Waals surface area contributed by atoms with Gasteiger partial charge >= 0.3 is 11.9 Å². The van der Waals surface area contributed by atoms with E-state index >= 15 is 0 Å². The predicted molar refractivity (Wildman–Crippen MR) is 40.0 cm³/mol. The van der Waals surface area contributed by atoms with Gasteiger partial charge < -0.3 is 10.2 Å². The molecular weight excluding hydrogens is 162 g/mol. The van der Waals surface area contributed by atoms with Crippen molar-refractivity contribution in [2.75, 3.05) is 0 Å². The van der Waals surface area contributed by atoms with Crippen molar-refractivity contribution in [2.45, 2.75) is 13.3 Å². The molecule has 0 aromatic heterocycles. The molecule has 0 radical (unpaired) electrons. The molecule has 1 rings (SSSR count). The van der Waals surface area contributed by atoms with Crippen molar-refractivity contribution in [2.24, 2.45) is 4.99 Å². The number of carboxylic acid groups (broad SMARTS) is 2. The summed E-state index contributed by atoms with van der Waals surface area (Å²) in [6.45, 7) is 1.49. The summed E-state index contributed by atoms with van der Waals surface area (Å²) in [5.41, 5.74) is 0.234. The Morgan fingerprint density at radius 2 is 1.92 bits per heavy atom. The van der Waals surface area contributed by atoms with E-state index in [0.29, 0.717) is 0 Å². The highest BCUT2D eigenvalue weighted by Gasteiger charge is 2.24. The predicted octanol–water partition coefficient (Wildman–Crippen LogP) is 0.274. The van der Waals surface area contributed by atoms with Crippen LogP contribution in [0.25, 0.3) is 0 Å². The summed E-state index contributed by atoms with van der Waals surface area (Å²) in [4.78, 5) is 24.4. The Bertz CT molecular complexity index is 313. The third kappa shape index (κ3) is 1.34. The Hall–Kier alpha value is -1.65. The van der Waals surface area contributed by atoms with E-state index in [4.69, 9.17) is 10.2 Å². The molecule has 0 fully saturated rings. The van der Waals surface area contributed by atoms with Gasteiger partial charge in [-0.2, -0.15) is 0 Å². The van der Waals surface area contributed by atoms with E-state index in [1.165, 1.54) is 6.92 Å². The molecule has 5 heteroatoms. The molecule has 0 saturated heterocycles. The second-order valence-electron chi connectivity index (χ2n) is 2.41. The van der Waals surface area contributed by atoms with Gasteiger partial charge in [-0.1, -0.05) is 0 Å². The number of aliphatic imine (C=N–C) groups is 1. The molecular formula is C7H7NO4. The molecule has 5 nitrogen and oxygen atoms in total. The van der Waals surface area contributed by atoms with Gasteiger partial charge in [-0.3, -0.25) is 0 Å². The maximum absolute atomic E-state index is 10.5. The Balaban J connectivity index is 2.87. The molecule has 0 saturated carbocycles. The monoisotopic (exact) mass is 169 g/mol. The second kappa shape index (κ2) is 2.77. The Labute approximate surface area is 68.0 Å². The van der Waals surface area contributed by atoms with Gasteiger partial charge in [-0.25, -0.2) is 14.6 Å². The molecule has 0 unspecified atom stereocenters. The van der Waals surface area contributed by atoms with Crippen LogP contribution in [0.2, 0.25) is 0 Å². The lowest BCUT2D eigenvalue weighted by Crippen LogP contribution is -2.12. The fourth-order valence-electron chi connectivity index (χ4n) is 0.959. The molecule has 0 atom stereocenters. The third-order valence-electron chi connectivity index (χ3n) is 1.59. The largest absolute Gasteiger partial charge is 0.478 e. The van der Waals surface area contributed by atoms with Crippen LogP contribution in [0.3, 0.4) is 0 Å². The normalized spacial score (nSPS) is 16.2. The van der Waals surface area contributed by atoms with Crippen molar-refractivity contribution in [1.29, 1.82) is 0 Å². The van der Waals surface area contributed by atoms with Gasteiger partial charge in [-0.15, -0.1) is 0 Å². The lowest BCUT2D eigenvalue weighted by molar-refractivity contribution is -0.132. The van der Waals surface area contributed by atoms with Gasteiger partial charge in [0.1, 0.15) is 5.71 Å². The molecule has 0 bridgehead atoms. The van der Waals surface area contributed by atoms with Crippen molar-refractivity contribution >= 4 is 17.7 Å². The minimum absolute atomic E-state index is 0.0624. The van der Waals surface area contributed by atoms with E-state index in [1.54, 1.807) is 0 Å². The third-order valence-corrected chi connectivity index (χ3v) is 1.59. The van der Waals surface area contributed by atoms with E-state index in [-0.39, 0.29) is 23.4 Å². The van der Waals surface area contributed by atoms with E-state index in [0.717, 1.165) is 0 Å². The van der Waals surface area contributed by atoms with Crippen LogP contribution in [-0.2, 0) is 9.59 Å². The molecule has 0 aromatic carbocycles. The summed E-state index contributed by atoms with van der Waals surface area (Å²) in [6, 6.07) is 0. The standard InChI is InChI=1S/C7H7NO4/c1-3-4(6(9)10)2-5(8-3)7(11)12/h2H2,1H3,(H,9,10)(H,11,12). The van der Waals surface area contributed by atoms with Gasteiger partial charge in [0.2, 0.25) is 0 Å². The lowest BCUT2D eigenvalue weighted by atomic mass is 10.1. The van der Waals surface area contributed by atoms with E-state index in [9.17, 15) is 9.59 Å². The van der Waals surface area contributed by atoms with Crippen LogP contribution in [0.4, 0.5) is 0 Å². The summed E-state index contributed by atoms with van der Waals surface area (Å²) in [6.07, 6.45) is -0.0868. The van der Waals surface area contributed by atoms with E-state index in [1.807, 2.05) is 0 Å². The van der Waals surface area contributed by atoms with E-state index < -0.39 is 11.9 Å². The van der Waals surface area contributed by atoms with Crippen LogP contribution in [0.5, 0.6) is 0 Å². The van der Waals surface area contributed by atoms with Crippen LogP contribution >= 0.6 is 0 Å². The SMILES string of the molecule is CC1=C(C(=O)O)CC(C(=O)O)=N1. The molecule has 1 aliphatic rings. The number of hydrogen-bond acceptors (Lipinski definition) is 3. The van der Waals surface area contributed by atoms with Gasteiger partial charge in [0.05, 0.1) is 5.57 Å². The Morgan fingerprint density at radius 3 is 2.17 bits per heavy atom. The molecule has 0 spiro atoms. The van der Waals surface area contributed by atoms with Crippen LogP contribution in [0, 0.1) is 0 Å². The Morgan fingerprint density at radius 1 is 1.33 bits per heavy atom. The highest BCUT2D eigenvalue weighted by atomic mass is 16.4. The average Bonchev–Trinajstić information content (AvgIpc) is 2.30. The number of carbonyl (C=O) groups is 2. The van der Waals surface area contributed by atoms with Crippen LogP contribution in [0.1, 0.15) is 13.3 Å². The highest BCUT2D eigenvalue weighted by molar-refractivity contribution is 6.38. The topological polar surface area (TPSA) is 87.0 Å². The fourth-order valence-corrected chi connectivity index (χ4v) is 0.959. The van der Waals surface area contributed by atoms with Gasteiger partial charge in [0.25, 0.3) is 0 Å². The molecule has 1 aliphatic heterocycles. The highest BCUT2D eigenvalue weighted by Crippen LogP contribution is 2.19. The fraction of sp³-hybridized carbons (Fsp3) is 0.286. The second-order valence-corrected chi connectivity index (χ2v) is 2.41.